The average molecular weight is 398 g/mol. The van der Waals surface area contributed by atoms with Gasteiger partial charge in [0.05, 0.1) is 11.1 Å². The molecule has 2 aromatic heterocycles. The third-order valence-corrected chi connectivity index (χ3v) is 5.59. The molecule has 29 heavy (non-hydrogen) atoms. The SMILES string of the molecule is C1CCOC1.NC1CCCC(n2c(-c3ccccc3F)nc3c[nH]c(=O)cc32)C1. The number of nitrogens with two attached hydrogens (primary N) is 1. The lowest BCUT2D eigenvalue weighted by molar-refractivity contribution is 0.198. The molecule has 1 aliphatic heterocycles. The molecule has 0 bridgehead atoms. The normalized spacial score (nSPS) is 21.7. The Hall–Kier alpha value is -2.51. The van der Waals surface area contributed by atoms with Crippen molar-refractivity contribution in [1.82, 2.24) is 14.5 Å². The van der Waals surface area contributed by atoms with E-state index in [0.29, 0.717) is 16.9 Å². The molecular formula is C22H27FN4O2. The van der Waals surface area contributed by atoms with E-state index in [1.807, 2.05) is 4.57 Å². The number of benzene rings is 1. The molecule has 154 valence electrons. The van der Waals surface area contributed by atoms with Crippen LogP contribution in [0.4, 0.5) is 4.39 Å². The molecular weight excluding hydrogens is 371 g/mol. The number of ether oxygens (including phenoxy) is 1. The largest absolute Gasteiger partial charge is 0.381 e. The van der Waals surface area contributed by atoms with Crippen LogP contribution in [-0.2, 0) is 4.74 Å². The van der Waals surface area contributed by atoms with Gasteiger partial charge in [-0.3, -0.25) is 4.79 Å². The van der Waals surface area contributed by atoms with Crippen molar-refractivity contribution < 1.29 is 9.13 Å². The summed E-state index contributed by atoms with van der Waals surface area (Å²) in [6, 6.07) is 8.37. The van der Waals surface area contributed by atoms with Crippen LogP contribution in [0.2, 0.25) is 0 Å². The van der Waals surface area contributed by atoms with E-state index < -0.39 is 0 Å². The molecule has 2 unspecified atom stereocenters. The van der Waals surface area contributed by atoms with E-state index in [2.05, 4.69) is 9.97 Å². The maximum absolute atomic E-state index is 14.4. The second kappa shape index (κ2) is 8.88. The van der Waals surface area contributed by atoms with Crippen LogP contribution in [0.1, 0.15) is 44.6 Å². The highest BCUT2D eigenvalue weighted by Gasteiger charge is 2.26. The van der Waals surface area contributed by atoms with Crippen LogP contribution in [0.3, 0.4) is 0 Å². The van der Waals surface area contributed by atoms with Gasteiger partial charge in [-0.25, -0.2) is 9.37 Å². The highest BCUT2D eigenvalue weighted by Crippen LogP contribution is 2.35. The Labute approximate surface area is 168 Å². The highest BCUT2D eigenvalue weighted by atomic mass is 19.1. The van der Waals surface area contributed by atoms with Crippen molar-refractivity contribution in [2.24, 2.45) is 5.73 Å². The number of H-pyrrole nitrogens is 1. The second-order valence-corrected chi connectivity index (χ2v) is 7.75. The summed E-state index contributed by atoms with van der Waals surface area (Å²) in [4.78, 5) is 19.0. The maximum atomic E-state index is 14.4. The summed E-state index contributed by atoms with van der Waals surface area (Å²) in [5.74, 6) is 0.238. The van der Waals surface area contributed by atoms with Crippen LogP contribution in [0.25, 0.3) is 22.4 Å². The molecule has 1 aromatic carbocycles. The molecule has 2 aliphatic rings. The van der Waals surface area contributed by atoms with Gasteiger partial charge in [-0.05, 0) is 50.7 Å². The van der Waals surface area contributed by atoms with Gasteiger partial charge >= 0.3 is 0 Å². The molecule has 3 heterocycles. The van der Waals surface area contributed by atoms with Crippen LogP contribution in [0, 0.1) is 5.82 Å². The van der Waals surface area contributed by atoms with Crippen LogP contribution in [0.5, 0.6) is 0 Å². The van der Waals surface area contributed by atoms with Crippen LogP contribution >= 0.6 is 0 Å². The lowest BCUT2D eigenvalue weighted by Gasteiger charge is -2.29. The minimum Gasteiger partial charge on any atom is -0.381 e. The molecule has 3 N–H and O–H groups in total. The van der Waals surface area contributed by atoms with E-state index in [1.54, 1.807) is 24.4 Å². The number of aromatic amines is 1. The third kappa shape index (κ3) is 4.41. The number of imidazole rings is 1. The van der Waals surface area contributed by atoms with E-state index in [0.717, 1.165) is 44.4 Å². The zero-order valence-electron chi connectivity index (χ0n) is 16.4. The van der Waals surface area contributed by atoms with Crippen LogP contribution in [-0.4, -0.2) is 33.8 Å². The number of nitrogens with one attached hydrogen (secondary N) is 1. The van der Waals surface area contributed by atoms with Crippen molar-refractivity contribution >= 4 is 11.0 Å². The minimum atomic E-state index is -0.319. The zero-order chi connectivity index (χ0) is 20.2. The fourth-order valence-electron chi connectivity index (χ4n) is 4.17. The summed E-state index contributed by atoms with van der Waals surface area (Å²) in [7, 11) is 0. The lowest BCUT2D eigenvalue weighted by atomic mass is 9.91. The molecule has 5 rings (SSSR count). The summed E-state index contributed by atoms with van der Waals surface area (Å²) in [5.41, 5.74) is 7.79. The van der Waals surface area contributed by atoms with Gasteiger partial charge < -0.3 is 20.0 Å². The Balaban J connectivity index is 0.000000359. The number of hydrogen-bond donors (Lipinski definition) is 2. The first-order valence-electron chi connectivity index (χ1n) is 10.3. The van der Waals surface area contributed by atoms with Crippen molar-refractivity contribution in [2.75, 3.05) is 13.2 Å². The van der Waals surface area contributed by atoms with Gasteiger partial charge in [-0.2, -0.15) is 0 Å². The summed E-state index contributed by atoms with van der Waals surface area (Å²) in [6.45, 7) is 2.00. The highest BCUT2D eigenvalue weighted by molar-refractivity contribution is 5.80. The molecule has 1 aliphatic carbocycles. The molecule has 0 spiro atoms. The van der Waals surface area contributed by atoms with E-state index in [-0.39, 0.29) is 23.5 Å². The van der Waals surface area contributed by atoms with Crippen molar-refractivity contribution in [3.05, 3.63) is 52.7 Å². The molecule has 6 nitrogen and oxygen atoms in total. The summed E-state index contributed by atoms with van der Waals surface area (Å²) in [5, 5.41) is 0. The van der Waals surface area contributed by atoms with Gasteiger partial charge in [0.1, 0.15) is 17.2 Å². The Morgan fingerprint density at radius 2 is 1.97 bits per heavy atom. The second-order valence-electron chi connectivity index (χ2n) is 7.75. The van der Waals surface area contributed by atoms with Gasteiger partial charge in [0.25, 0.3) is 0 Å². The first kappa shape index (κ1) is 19.8. The summed E-state index contributed by atoms with van der Waals surface area (Å²) < 4.78 is 21.3. The minimum absolute atomic E-state index is 0.121. The number of rotatable bonds is 2. The number of pyridine rings is 1. The number of aromatic nitrogens is 3. The predicted molar refractivity (Wildman–Crippen MR) is 111 cm³/mol. The average Bonchev–Trinajstić information content (AvgIpc) is 3.40. The number of nitrogens with zero attached hydrogens (tertiary/aromatic N) is 2. The van der Waals surface area contributed by atoms with E-state index >= 15 is 0 Å². The molecule has 7 heteroatoms. The number of halogens is 1. The predicted octanol–water partition coefficient (Wildman–Crippen LogP) is 3.77. The van der Waals surface area contributed by atoms with Gasteiger partial charge in [0.2, 0.25) is 5.56 Å². The Morgan fingerprint density at radius 1 is 1.17 bits per heavy atom. The smallest absolute Gasteiger partial charge is 0.250 e. The van der Waals surface area contributed by atoms with Crippen LogP contribution < -0.4 is 11.3 Å². The molecule has 0 radical (unpaired) electrons. The maximum Gasteiger partial charge on any atom is 0.250 e. The number of fused-ring (bicyclic) bond motifs is 1. The van der Waals surface area contributed by atoms with Crippen molar-refractivity contribution in [3.63, 3.8) is 0 Å². The van der Waals surface area contributed by atoms with E-state index in [9.17, 15) is 9.18 Å². The van der Waals surface area contributed by atoms with Crippen molar-refractivity contribution in [2.45, 2.75) is 50.6 Å². The van der Waals surface area contributed by atoms with Gasteiger partial charge in [0.15, 0.2) is 0 Å². The van der Waals surface area contributed by atoms with Crippen LogP contribution in [0.15, 0.2) is 41.3 Å². The molecule has 3 aromatic rings. The topological polar surface area (TPSA) is 85.9 Å². The van der Waals surface area contributed by atoms with Gasteiger partial charge in [-0.15, -0.1) is 0 Å². The zero-order valence-corrected chi connectivity index (χ0v) is 16.4. The van der Waals surface area contributed by atoms with Gasteiger partial charge in [-0.1, -0.05) is 12.1 Å². The molecule has 0 amide bonds. The van der Waals surface area contributed by atoms with E-state index in [4.69, 9.17) is 10.5 Å². The monoisotopic (exact) mass is 398 g/mol. The third-order valence-electron chi connectivity index (χ3n) is 5.59. The van der Waals surface area contributed by atoms with Crippen molar-refractivity contribution in [1.29, 1.82) is 0 Å². The molecule has 2 fully saturated rings. The lowest BCUT2D eigenvalue weighted by Crippen LogP contribution is -2.29. The quantitative estimate of drug-likeness (QED) is 0.688. The first-order valence-corrected chi connectivity index (χ1v) is 10.3. The van der Waals surface area contributed by atoms with E-state index in [1.165, 1.54) is 25.0 Å². The van der Waals surface area contributed by atoms with Gasteiger partial charge in [0, 0.05) is 37.6 Å². The molecule has 1 saturated carbocycles. The Morgan fingerprint density at radius 3 is 2.66 bits per heavy atom. The Bertz CT molecular complexity index is 1020. The summed E-state index contributed by atoms with van der Waals surface area (Å²) >= 11 is 0. The summed E-state index contributed by atoms with van der Waals surface area (Å²) in [6.07, 6.45) is 7.92. The fraction of sp³-hybridized carbons (Fsp3) is 0.455. The molecule has 2 atom stereocenters. The Kier molecular flexibility index (Phi) is 6.06. The number of hydrogen-bond acceptors (Lipinski definition) is 4. The van der Waals surface area contributed by atoms with Crippen molar-refractivity contribution in [3.8, 4) is 11.4 Å². The first-order chi connectivity index (χ1) is 14.1. The standard InChI is InChI=1S/C18H19FN4O.C4H8O/c19-14-7-2-1-6-13(14)18-22-15-10-21-17(24)9-16(15)23(18)12-5-3-4-11(20)8-12;1-2-4-5-3-1/h1-2,6-7,9-12H,3-5,8,20H2,(H,21,24);1-4H2. The fourth-order valence-corrected chi connectivity index (χ4v) is 4.17. The molecule has 1 saturated heterocycles.